The van der Waals surface area contributed by atoms with Crippen molar-refractivity contribution in [2.45, 2.75) is 31.2 Å². The average molecular weight is 716 g/mol. The number of benzene rings is 1. The van der Waals surface area contributed by atoms with Gasteiger partial charge in [-0.05, 0) is 59.8 Å². The van der Waals surface area contributed by atoms with Crippen LogP contribution >= 0.6 is 40.2 Å². The van der Waals surface area contributed by atoms with Crippen molar-refractivity contribution in [1.82, 2.24) is 29.5 Å². The molecule has 9 nitrogen and oxygen atoms in total. The topological polar surface area (TPSA) is 117 Å². The van der Waals surface area contributed by atoms with Gasteiger partial charge >= 0.3 is 6.18 Å². The molecule has 0 aliphatic heterocycles. The molecule has 0 amide bonds. The summed E-state index contributed by atoms with van der Waals surface area (Å²) < 4.78 is 67.1. The maximum absolute atomic E-state index is 16.5. The first-order valence-corrected chi connectivity index (χ1v) is 17.2. The lowest BCUT2D eigenvalue weighted by Gasteiger charge is -2.21. The molecule has 0 saturated carbocycles. The van der Waals surface area contributed by atoms with Crippen LogP contribution in [-0.2, 0) is 6.18 Å². The van der Waals surface area contributed by atoms with Crippen LogP contribution in [0.25, 0.3) is 33.1 Å². The van der Waals surface area contributed by atoms with Crippen LogP contribution in [0.1, 0.15) is 29.7 Å². The highest BCUT2D eigenvalue weighted by Crippen LogP contribution is 2.47. The van der Waals surface area contributed by atoms with Crippen LogP contribution in [-0.4, -0.2) is 42.9 Å². The molecule has 5 aromatic rings. The zero-order valence-electron chi connectivity index (χ0n) is 21.9. The van der Waals surface area contributed by atoms with Crippen molar-refractivity contribution in [2.75, 3.05) is 24.4 Å². The first-order valence-electron chi connectivity index (χ1n) is 11.9. The molecule has 3 N–H and O–H groups in total. The summed E-state index contributed by atoms with van der Waals surface area (Å²) in [6, 6.07) is 4.48. The van der Waals surface area contributed by atoms with Crippen LogP contribution in [0.4, 0.5) is 29.2 Å². The van der Waals surface area contributed by atoms with Gasteiger partial charge in [0.25, 0.3) is 0 Å². The van der Waals surface area contributed by atoms with Crippen molar-refractivity contribution < 1.29 is 22.3 Å². The zero-order chi connectivity index (χ0) is 29.6. The monoisotopic (exact) mass is 716 g/mol. The average Bonchev–Trinajstić information content (AvgIpc) is 3.34. The molecule has 16 heteroatoms. The molecule has 2 unspecified atom stereocenters. The minimum absolute atomic E-state index is 0.0720. The molecule has 41 heavy (non-hydrogen) atoms. The normalized spacial score (nSPS) is 13.0. The van der Waals surface area contributed by atoms with Crippen LogP contribution < -0.4 is 15.8 Å². The minimum Gasteiger partial charge on any atom is -0.480 e. The number of hydrogen-bond donors (Lipinski definition) is 2. The quantitative estimate of drug-likeness (QED) is 0.0594. The first kappa shape index (κ1) is 29.5. The molecule has 214 valence electrons. The number of anilines is 2. The van der Waals surface area contributed by atoms with E-state index >= 15 is 4.39 Å². The number of thioether (sulfide) groups is 1. The number of rotatable bonds is 7. The SMILES string of the molecule is COc1nc(-c2c(C(F)(F)F)c(C)cc3c2cnn3PI)c(F)c2nc(SC)nc(NC(C)c3cccnc3N)c12. The van der Waals surface area contributed by atoms with Crippen molar-refractivity contribution in [1.29, 1.82) is 0 Å². The molecule has 2 atom stereocenters. The number of pyridine rings is 2. The summed E-state index contributed by atoms with van der Waals surface area (Å²) in [4.78, 5) is 17.3. The van der Waals surface area contributed by atoms with Crippen molar-refractivity contribution in [2.24, 2.45) is 0 Å². The number of aryl methyl sites for hydroxylation is 1. The van der Waals surface area contributed by atoms with E-state index < -0.39 is 34.9 Å². The van der Waals surface area contributed by atoms with E-state index in [2.05, 4.69) is 52.4 Å². The zero-order valence-corrected chi connectivity index (χ0v) is 25.9. The number of nitrogen functional groups attached to an aromatic ring is 1. The molecule has 1 aromatic carbocycles. The van der Waals surface area contributed by atoms with Gasteiger partial charge in [-0.25, -0.2) is 28.8 Å². The third-order valence-electron chi connectivity index (χ3n) is 6.47. The Labute approximate surface area is 250 Å². The molecule has 5 rings (SSSR count). The van der Waals surface area contributed by atoms with Gasteiger partial charge in [-0.15, -0.1) is 0 Å². The number of halogens is 5. The highest BCUT2D eigenvalue weighted by Gasteiger charge is 2.39. The van der Waals surface area contributed by atoms with Gasteiger partial charge in [0.2, 0.25) is 5.88 Å². The van der Waals surface area contributed by atoms with Gasteiger partial charge < -0.3 is 15.8 Å². The molecular weight excluding hydrogens is 694 g/mol. The third-order valence-corrected chi connectivity index (χ3v) is 8.91. The second-order valence-corrected chi connectivity index (χ2v) is 11.7. The van der Waals surface area contributed by atoms with Crippen LogP contribution in [0.2, 0.25) is 0 Å². The maximum atomic E-state index is 16.5. The molecule has 0 spiro atoms. The Morgan fingerprint density at radius 2 is 2.00 bits per heavy atom. The Morgan fingerprint density at radius 1 is 1.24 bits per heavy atom. The lowest BCUT2D eigenvalue weighted by atomic mass is 9.94. The predicted molar refractivity (Wildman–Crippen MR) is 163 cm³/mol. The van der Waals surface area contributed by atoms with Gasteiger partial charge in [0.1, 0.15) is 28.2 Å². The fraction of sp³-hybridized carbons (Fsp3) is 0.240. The molecule has 4 aromatic heterocycles. The van der Waals surface area contributed by atoms with E-state index in [1.165, 1.54) is 26.3 Å². The Morgan fingerprint density at radius 3 is 2.63 bits per heavy atom. The number of hydrogen-bond acceptors (Lipinski definition) is 9. The smallest absolute Gasteiger partial charge is 0.417 e. The van der Waals surface area contributed by atoms with Crippen molar-refractivity contribution in [3.63, 3.8) is 0 Å². The van der Waals surface area contributed by atoms with E-state index in [-0.39, 0.29) is 45.1 Å². The standard InChI is InChI=1S/C25H22F4IN8OPS/c1-10-8-14-13(9-33-38(14)40-30)15(17(10)25(27,28)29)19-18(26)20-16(23(35-19)39-3)22(37-24(36-20)41-4)34-11(2)12-6-5-7-32-21(12)31/h5-9,11,40H,1-4H3,(H2,31,32)(H,34,36,37). The van der Waals surface area contributed by atoms with E-state index in [9.17, 15) is 13.2 Å². The van der Waals surface area contributed by atoms with Gasteiger partial charge in [0.05, 0.1) is 36.8 Å². The number of ether oxygens (including phenoxy) is 1. The number of nitrogens with one attached hydrogen (secondary N) is 1. The van der Waals surface area contributed by atoms with Gasteiger partial charge in [-0.2, -0.15) is 18.3 Å². The second kappa shape index (κ2) is 11.3. The highest BCUT2D eigenvalue weighted by atomic mass is 127. The van der Waals surface area contributed by atoms with Crippen molar-refractivity contribution in [3.8, 4) is 17.1 Å². The molecular formula is C25H22F4IN8OPS. The minimum atomic E-state index is -4.81. The Hall–Kier alpha value is -3.04. The Bertz CT molecular complexity index is 1800. The number of nitrogens with zero attached hydrogens (tertiary/aromatic N) is 6. The van der Waals surface area contributed by atoms with E-state index in [0.29, 0.717) is 16.9 Å². The predicted octanol–water partition coefficient (Wildman–Crippen LogP) is 7.18. The molecule has 0 radical (unpaired) electrons. The van der Waals surface area contributed by atoms with Gasteiger partial charge in [0.15, 0.2) is 11.0 Å². The summed E-state index contributed by atoms with van der Waals surface area (Å²) in [6.45, 7) is 3.15. The summed E-state index contributed by atoms with van der Waals surface area (Å²) in [7, 11) is 1.30. The number of nitrogens with two attached hydrogens (primary N) is 1. The fourth-order valence-corrected chi connectivity index (χ4v) is 6.58. The second-order valence-electron chi connectivity index (χ2n) is 8.92. The largest absolute Gasteiger partial charge is 0.480 e. The third kappa shape index (κ3) is 5.23. The summed E-state index contributed by atoms with van der Waals surface area (Å²) >= 11 is 3.22. The van der Waals surface area contributed by atoms with Crippen molar-refractivity contribution in [3.05, 3.63) is 53.1 Å². The van der Waals surface area contributed by atoms with Gasteiger partial charge in [-0.3, -0.25) is 0 Å². The van der Waals surface area contributed by atoms with E-state index in [1.54, 1.807) is 29.0 Å². The number of fused-ring (bicyclic) bond motifs is 2. The summed E-state index contributed by atoms with van der Waals surface area (Å²) in [5, 5.41) is 7.80. The Kier molecular flexibility index (Phi) is 8.14. The molecule has 0 fully saturated rings. The lowest BCUT2D eigenvalue weighted by Crippen LogP contribution is -2.14. The molecule has 0 bridgehead atoms. The maximum Gasteiger partial charge on any atom is 0.417 e. The first-order chi connectivity index (χ1) is 19.5. The lowest BCUT2D eigenvalue weighted by molar-refractivity contribution is -0.137. The van der Waals surface area contributed by atoms with Gasteiger partial charge in [0, 0.05) is 22.7 Å². The number of alkyl halides is 3. The van der Waals surface area contributed by atoms with E-state index in [4.69, 9.17) is 10.5 Å². The van der Waals surface area contributed by atoms with Gasteiger partial charge in [-0.1, -0.05) is 17.8 Å². The number of methoxy groups -OCH3 is 1. The van der Waals surface area contributed by atoms with Crippen LogP contribution in [0.3, 0.4) is 0 Å². The molecule has 0 aliphatic carbocycles. The molecule has 4 heterocycles. The van der Waals surface area contributed by atoms with E-state index in [0.717, 1.165) is 11.8 Å². The summed E-state index contributed by atoms with van der Waals surface area (Å²) in [5.41, 5.74) is 4.82. The Balaban J connectivity index is 1.83. The van der Waals surface area contributed by atoms with Crippen molar-refractivity contribution >= 4 is 73.6 Å². The van der Waals surface area contributed by atoms with Crippen LogP contribution in [0, 0.1) is 12.7 Å². The fourth-order valence-electron chi connectivity index (χ4n) is 4.69. The van der Waals surface area contributed by atoms with Crippen LogP contribution in [0.5, 0.6) is 5.88 Å². The summed E-state index contributed by atoms with van der Waals surface area (Å²) in [5.74, 6) is -0.722. The van der Waals surface area contributed by atoms with Crippen LogP contribution in [0.15, 0.2) is 35.7 Å². The number of aromatic nitrogens is 6. The van der Waals surface area contributed by atoms with E-state index in [1.807, 2.05) is 6.92 Å². The molecule has 0 saturated heterocycles. The molecule has 0 aliphatic rings. The highest BCUT2D eigenvalue weighted by molar-refractivity contribution is 14.2. The summed E-state index contributed by atoms with van der Waals surface area (Å²) in [6.07, 6.45) is -0.135.